The minimum absolute atomic E-state index is 0.0940. The van der Waals surface area contributed by atoms with Crippen molar-refractivity contribution in [2.24, 2.45) is 5.92 Å². The van der Waals surface area contributed by atoms with E-state index in [1.54, 1.807) is 6.08 Å². The molecule has 0 bridgehead atoms. The lowest BCUT2D eigenvalue weighted by Crippen LogP contribution is -2.31. The van der Waals surface area contributed by atoms with Crippen molar-refractivity contribution >= 4 is 27.6 Å². The lowest BCUT2D eigenvalue weighted by Gasteiger charge is -2.14. The Hall–Kier alpha value is -1.23. The van der Waals surface area contributed by atoms with Gasteiger partial charge in [0.2, 0.25) is 0 Å². The molecule has 0 aromatic heterocycles. The van der Waals surface area contributed by atoms with Crippen LogP contribution in [0.25, 0.3) is 11.6 Å². The second-order valence-corrected chi connectivity index (χ2v) is 5.97. The van der Waals surface area contributed by atoms with E-state index in [9.17, 15) is 13.2 Å². The molecule has 1 aromatic rings. The number of benzene rings is 1. The molecule has 1 aromatic carbocycles. The average molecular weight is 345 g/mol. The maximum atomic E-state index is 13.2. The lowest BCUT2D eigenvalue weighted by atomic mass is 10.1. The fraction of sp³-hybridized carbons (Fsp3) is 0.333. The summed E-state index contributed by atoms with van der Waals surface area (Å²) in [6.45, 7) is 1.90. The minimum atomic E-state index is -4.44. The highest BCUT2D eigenvalue weighted by Gasteiger charge is 2.37. The first-order chi connectivity index (χ1) is 9.32. The highest BCUT2D eigenvalue weighted by atomic mass is 79.9. The Morgan fingerprint density at radius 1 is 1.35 bits per heavy atom. The summed E-state index contributed by atoms with van der Waals surface area (Å²) in [4.78, 5) is 0. The van der Waals surface area contributed by atoms with E-state index >= 15 is 0 Å². The van der Waals surface area contributed by atoms with Gasteiger partial charge in [0.15, 0.2) is 0 Å². The van der Waals surface area contributed by atoms with E-state index in [1.807, 2.05) is 6.92 Å². The molecule has 1 unspecified atom stereocenters. The van der Waals surface area contributed by atoms with Gasteiger partial charge in [-0.2, -0.15) is 13.2 Å². The number of hydrogen-bond donors (Lipinski definition) is 0. The van der Waals surface area contributed by atoms with Crippen LogP contribution in [0.15, 0.2) is 22.2 Å². The van der Waals surface area contributed by atoms with Gasteiger partial charge < -0.3 is 4.74 Å². The van der Waals surface area contributed by atoms with Crippen LogP contribution in [-0.4, -0.2) is 7.11 Å². The van der Waals surface area contributed by atoms with Crippen LogP contribution in [-0.2, 0) is 6.18 Å². The molecule has 2 aliphatic carbocycles. The van der Waals surface area contributed by atoms with Crippen molar-refractivity contribution in [1.29, 1.82) is 0 Å². The van der Waals surface area contributed by atoms with Gasteiger partial charge in [-0.05, 0) is 30.7 Å². The lowest BCUT2D eigenvalue weighted by molar-refractivity contribution is -0.138. The number of halogens is 4. The Bertz CT molecular complexity index is 744. The highest BCUT2D eigenvalue weighted by Crippen LogP contribution is 2.42. The van der Waals surface area contributed by atoms with Crippen molar-refractivity contribution in [1.82, 2.24) is 0 Å². The van der Waals surface area contributed by atoms with E-state index in [0.717, 1.165) is 23.3 Å². The largest absolute Gasteiger partial charge is 0.495 e. The van der Waals surface area contributed by atoms with E-state index in [1.165, 1.54) is 12.7 Å². The van der Waals surface area contributed by atoms with Gasteiger partial charge in [-0.25, -0.2) is 0 Å². The zero-order chi connectivity index (χ0) is 14.7. The normalized spacial score (nSPS) is 20.4. The molecule has 0 aliphatic heterocycles. The third-order valence-corrected chi connectivity index (χ3v) is 4.29. The minimum Gasteiger partial charge on any atom is -0.495 e. The summed E-state index contributed by atoms with van der Waals surface area (Å²) in [6.07, 6.45) is 0.335. The number of allylic oxidation sites excluding steroid dienone is 2. The van der Waals surface area contributed by atoms with Gasteiger partial charge in [-0.1, -0.05) is 33.2 Å². The second kappa shape index (κ2) is 4.38. The molecule has 1 atom stereocenters. The van der Waals surface area contributed by atoms with Crippen LogP contribution in [0, 0.1) is 5.92 Å². The van der Waals surface area contributed by atoms with Crippen molar-refractivity contribution in [3.63, 3.8) is 0 Å². The summed E-state index contributed by atoms with van der Waals surface area (Å²) in [5.74, 6) is 0.258. The fourth-order valence-electron chi connectivity index (χ4n) is 2.76. The van der Waals surface area contributed by atoms with E-state index in [-0.39, 0.29) is 5.75 Å². The maximum absolute atomic E-state index is 13.2. The molecule has 20 heavy (non-hydrogen) atoms. The molecule has 1 fully saturated rings. The Balaban J connectivity index is 2.48. The van der Waals surface area contributed by atoms with Gasteiger partial charge >= 0.3 is 6.18 Å². The van der Waals surface area contributed by atoms with Gasteiger partial charge in [0.1, 0.15) is 5.75 Å². The summed E-state index contributed by atoms with van der Waals surface area (Å²) in [5, 5.41) is 1.38. The quantitative estimate of drug-likeness (QED) is 0.758. The van der Waals surface area contributed by atoms with Crippen LogP contribution >= 0.6 is 15.9 Å². The zero-order valence-electron chi connectivity index (χ0n) is 10.9. The molecule has 3 rings (SSSR count). The van der Waals surface area contributed by atoms with E-state index in [2.05, 4.69) is 22.0 Å². The molecule has 106 valence electrons. The Kier molecular flexibility index (Phi) is 3.01. The topological polar surface area (TPSA) is 9.23 Å². The Labute approximate surface area is 122 Å². The van der Waals surface area contributed by atoms with Gasteiger partial charge in [0.05, 0.1) is 12.7 Å². The maximum Gasteiger partial charge on any atom is 0.420 e. The third kappa shape index (κ3) is 2.08. The SMILES string of the molecule is COc1c(C(F)(F)F)cc(Br)c2c1=CC(C)=CC1CC=21. The summed E-state index contributed by atoms with van der Waals surface area (Å²) in [7, 11) is 1.28. The number of ether oxygens (including phenoxy) is 1. The standard InChI is InChI=1S/C15H12BrF3O/c1-7-3-8-5-9(8)13-10(4-7)14(20-2)11(6-12(13)16)15(17,18)19/h3-4,6,8H,5H2,1-2H3. The first kappa shape index (κ1) is 13.7. The van der Waals surface area contributed by atoms with E-state index in [0.29, 0.717) is 15.6 Å². The van der Waals surface area contributed by atoms with Crippen LogP contribution in [0.3, 0.4) is 0 Å². The number of hydrogen-bond acceptors (Lipinski definition) is 1. The van der Waals surface area contributed by atoms with Crippen molar-refractivity contribution in [3.8, 4) is 5.75 Å². The second-order valence-electron chi connectivity index (χ2n) is 5.12. The van der Waals surface area contributed by atoms with E-state index < -0.39 is 11.7 Å². The average Bonchev–Trinajstić information content (AvgIpc) is 3.05. The molecule has 0 heterocycles. The fourth-order valence-corrected chi connectivity index (χ4v) is 3.46. The molecule has 0 spiro atoms. The van der Waals surface area contributed by atoms with Gasteiger partial charge in [0, 0.05) is 15.6 Å². The molecule has 1 saturated carbocycles. The van der Waals surface area contributed by atoms with Gasteiger partial charge in [-0.15, -0.1) is 0 Å². The first-order valence-electron chi connectivity index (χ1n) is 6.20. The van der Waals surface area contributed by atoms with Crippen LogP contribution < -0.4 is 15.2 Å². The summed E-state index contributed by atoms with van der Waals surface area (Å²) < 4.78 is 45.0. The predicted octanol–water partition coefficient (Wildman–Crippen LogP) is 3.39. The predicted molar refractivity (Wildman–Crippen MR) is 74.7 cm³/mol. The van der Waals surface area contributed by atoms with Crippen molar-refractivity contribution in [2.75, 3.05) is 7.11 Å². The third-order valence-electron chi connectivity index (χ3n) is 3.66. The van der Waals surface area contributed by atoms with Crippen LogP contribution in [0.2, 0.25) is 0 Å². The van der Waals surface area contributed by atoms with Crippen molar-refractivity contribution < 1.29 is 17.9 Å². The van der Waals surface area contributed by atoms with Crippen LogP contribution in [0.1, 0.15) is 18.9 Å². The zero-order valence-corrected chi connectivity index (χ0v) is 12.5. The van der Waals surface area contributed by atoms with Gasteiger partial charge in [0.25, 0.3) is 0 Å². The molecule has 5 heteroatoms. The summed E-state index contributed by atoms with van der Waals surface area (Å²) in [5.41, 5.74) is 1.40. The molecule has 2 aliphatic rings. The molecular formula is C15H12BrF3O. The Morgan fingerprint density at radius 3 is 2.65 bits per heavy atom. The number of rotatable bonds is 1. The van der Waals surface area contributed by atoms with E-state index in [4.69, 9.17) is 4.74 Å². The summed E-state index contributed by atoms with van der Waals surface area (Å²) in [6, 6.07) is 1.12. The number of fused-ring (bicyclic) bond motifs is 2. The Morgan fingerprint density at radius 2 is 2.05 bits per heavy atom. The molecule has 0 radical (unpaired) electrons. The van der Waals surface area contributed by atoms with Crippen molar-refractivity contribution in [3.05, 3.63) is 38.2 Å². The van der Waals surface area contributed by atoms with Crippen LogP contribution in [0.5, 0.6) is 5.75 Å². The first-order valence-corrected chi connectivity index (χ1v) is 6.99. The monoisotopic (exact) mass is 344 g/mol. The highest BCUT2D eigenvalue weighted by molar-refractivity contribution is 9.10. The van der Waals surface area contributed by atoms with Crippen LogP contribution in [0.4, 0.5) is 13.2 Å². The molecule has 0 amide bonds. The van der Waals surface area contributed by atoms with Crippen molar-refractivity contribution in [2.45, 2.75) is 19.5 Å². The smallest absolute Gasteiger partial charge is 0.420 e. The molecule has 0 N–H and O–H groups in total. The number of methoxy groups -OCH3 is 1. The van der Waals surface area contributed by atoms with Gasteiger partial charge in [-0.3, -0.25) is 0 Å². The number of alkyl halides is 3. The molecule has 0 saturated heterocycles. The summed E-state index contributed by atoms with van der Waals surface area (Å²) >= 11 is 3.29. The molecular weight excluding hydrogens is 333 g/mol. The molecule has 1 nitrogen and oxygen atoms in total.